The van der Waals surface area contributed by atoms with Crippen LogP contribution in [0.15, 0.2) is 53.2 Å². The fourth-order valence-electron chi connectivity index (χ4n) is 6.38. The van der Waals surface area contributed by atoms with Crippen LogP contribution in [0.5, 0.6) is 0 Å². The van der Waals surface area contributed by atoms with Gasteiger partial charge in [0.2, 0.25) is 11.7 Å². The Labute approximate surface area is 231 Å². The summed E-state index contributed by atoms with van der Waals surface area (Å²) in [6.45, 7) is 3.59. The molecule has 4 atom stereocenters. The molecule has 1 saturated heterocycles. The number of halogens is 2. The van der Waals surface area contributed by atoms with E-state index in [1.54, 1.807) is 6.20 Å². The summed E-state index contributed by atoms with van der Waals surface area (Å²) in [4.78, 5) is 33.9. The Morgan fingerprint density at radius 2 is 1.95 bits per heavy atom. The molecule has 8 nitrogen and oxygen atoms in total. The lowest BCUT2D eigenvalue weighted by atomic mass is 9.88. The highest BCUT2D eigenvalue weighted by molar-refractivity contribution is 5.93. The highest BCUT2D eigenvalue weighted by Gasteiger charge is 2.49. The fourth-order valence-corrected chi connectivity index (χ4v) is 6.38. The first-order chi connectivity index (χ1) is 19.3. The van der Waals surface area contributed by atoms with Crippen molar-refractivity contribution in [2.24, 2.45) is 11.8 Å². The number of amides is 2. The SMILES string of the molecule is C[C@@H]1CCC[C@H]1N1CC[C@@H](NC(=O)c2cc(-c3ccc(F)cc3F)no2)[C@H](C(=O)NC2(c3ccccn3)CC2)C1. The zero-order valence-electron chi connectivity index (χ0n) is 22.4. The quantitative estimate of drug-likeness (QED) is 0.452. The van der Waals surface area contributed by atoms with E-state index in [-0.39, 0.29) is 22.9 Å². The van der Waals surface area contributed by atoms with Crippen molar-refractivity contribution < 1.29 is 22.9 Å². The van der Waals surface area contributed by atoms with Crippen LogP contribution in [0.4, 0.5) is 8.78 Å². The first-order valence-corrected chi connectivity index (χ1v) is 14.0. The van der Waals surface area contributed by atoms with E-state index in [4.69, 9.17) is 4.52 Å². The molecule has 2 saturated carbocycles. The zero-order chi connectivity index (χ0) is 27.9. The minimum atomic E-state index is -0.799. The Kier molecular flexibility index (Phi) is 7.12. The van der Waals surface area contributed by atoms with Crippen molar-refractivity contribution in [1.29, 1.82) is 0 Å². The van der Waals surface area contributed by atoms with Crippen LogP contribution in [0.3, 0.4) is 0 Å². The number of nitrogens with one attached hydrogen (secondary N) is 2. The lowest BCUT2D eigenvalue weighted by Gasteiger charge is -2.42. The number of aromatic nitrogens is 2. The summed E-state index contributed by atoms with van der Waals surface area (Å²) >= 11 is 0. The van der Waals surface area contributed by atoms with E-state index >= 15 is 0 Å². The Bertz CT molecular complexity index is 1390. The first-order valence-electron chi connectivity index (χ1n) is 14.0. The van der Waals surface area contributed by atoms with Gasteiger partial charge in [-0.3, -0.25) is 19.5 Å². The van der Waals surface area contributed by atoms with Crippen molar-refractivity contribution in [3.63, 3.8) is 0 Å². The summed E-state index contributed by atoms with van der Waals surface area (Å²) in [7, 11) is 0. The summed E-state index contributed by atoms with van der Waals surface area (Å²) in [6, 6.07) is 10.2. The van der Waals surface area contributed by atoms with Gasteiger partial charge in [0.15, 0.2) is 0 Å². The van der Waals surface area contributed by atoms with Crippen molar-refractivity contribution in [3.05, 3.63) is 71.8 Å². The second kappa shape index (κ2) is 10.7. The van der Waals surface area contributed by atoms with Crippen LogP contribution in [-0.2, 0) is 10.3 Å². The Morgan fingerprint density at radius 1 is 1.10 bits per heavy atom. The number of pyridine rings is 1. The third-order valence-corrected chi connectivity index (χ3v) is 8.79. The molecule has 2 aromatic heterocycles. The Balaban J connectivity index is 1.20. The third kappa shape index (κ3) is 5.24. The molecule has 40 heavy (non-hydrogen) atoms. The van der Waals surface area contributed by atoms with Crippen molar-refractivity contribution in [1.82, 2.24) is 25.7 Å². The molecule has 0 bridgehead atoms. The molecule has 3 heterocycles. The summed E-state index contributed by atoms with van der Waals surface area (Å²) in [5.41, 5.74) is 0.510. The highest BCUT2D eigenvalue weighted by Crippen LogP contribution is 2.45. The van der Waals surface area contributed by atoms with Crippen molar-refractivity contribution >= 4 is 11.8 Å². The molecule has 210 valence electrons. The minimum Gasteiger partial charge on any atom is -0.350 e. The second-order valence-corrected chi connectivity index (χ2v) is 11.4. The molecule has 0 spiro atoms. The third-order valence-electron chi connectivity index (χ3n) is 8.79. The van der Waals surface area contributed by atoms with Crippen LogP contribution in [0.25, 0.3) is 11.3 Å². The van der Waals surface area contributed by atoms with Crippen LogP contribution in [-0.4, -0.2) is 52.0 Å². The van der Waals surface area contributed by atoms with Gasteiger partial charge in [0.25, 0.3) is 5.91 Å². The molecule has 1 aliphatic heterocycles. The molecule has 2 aliphatic carbocycles. The maximum absolute atomic E-state index is 14.2. The zero-order valence-corrected chi connectivity index (χ0v) is 22.4. The van der Waals surface area contributed by atoms with Gasteiger partial charge in [-0.2, -0.15) is 0 Å². The van der Waals surface area contributed by atoms with Gasteiger partial charge >= 0.3 is 0 Å². The van der Waals surface area contributed by atoms with E-state index < -0.39 is 35.0 Å². The van der Waals surface area contributed by atoms with Crippen molar-refractivity contribution in [3.8, 4) is 11.3 Å². The maximum atomic E-state index is 14.2. The molecule has 1 aromatic carbocycles. The fraction of sp³-hybridized carbons (Fsp3) is 0.467. The number of hydrogen-bond acceptors (Lipinski definition) is 6. The van der Waals surface area contributed by atoms with Crippen LogP contribution in [0, 0.1) is 23.5 Å². The van der Waals surface area contributed by atoms with Gasteiger partial charge in [-0.1, -0.05) is 24.6 Å². The number of piperidine rings is 1. The average molecular weight is 550 g/mol. The number of likely N-dealkylation sites (tertiary alicyclic amines) is 1. The van der Waals surface area contributed by atoms with Gasteiger partial charge in [0.05, 0.1) is 17.2 Å². The molecule has 3 fully saturated rings. The predicted molar refractivity (Wildman–Crippen MR) is 143 cm³/mol. The average Bonchev–Trinajstić information content (AvgIpc) is 3.34. The normalized spacial score (nSPS) is 25.9. The van der Waals surface area contributed by atoms with E-state index in [1.165, 1.54) is 25.0 Å². The van der Waals surface area contributed by atoms with Crippen molar-refractivity contribution in [2.45, 2.75) is 63.1 Å². The van der Waals surface area contributed by atoms with E-state index in [9.17, 15) is 18.4 Å². The number of carbonyl (C=O) groups excluding carboxylic acids is 2. The molecule has 2 N–H and O–H groups in total. The molecule has 6 rings (SSSR count). The van der Waals surface area contributed by atoms with E-state index in [1.807, 2.05) is 18.2 Å². The number of hydrogen-bond donors (Lipinski definition) is 2. The van der Waals surface area contributed by atoms with Gasteiger partial charge in [0, 0.05) is 49.1 Å². The largest absolute Gasteiger partial charge is 0.350 e. The maximum Gasteiger partial charge on any atom is 0.290 e. The smallest absolute Gasteiger partial charge is 0.290 e. The Hall–Kier alpha value is -3.66. The van der Waals surface area contributed by atoms with E-state index in [2.05, 4.69) is 32.6 Å². The molecule has 10 heteroatoms. The number of rotatable bonds is 7. The molecule has 0 radical (unpaired) electrons. The molecule has 3 aromatic rings. The van der Waals surface area contributed by atoms with Gasteiger partial charge in [-0.05, 0) is 62.3 Å². The summed E-state index contributed by atoms with van der Waals surface area (Å²) in [5, 5.41) is 10.1. The molecule has 0 unspecified atom stereocenters. The number of nitrogens with zero attached hydrogens (tertiary/aromatic N) is 3. The molecule has 3 aliphatic rings. The van der Waals surface area contributed by atoms with Gasteiger partial charge < -0.3 is 15.2 Å². The van der Waals surface area contributed by atoms with Crippen LogP contribution in [0.1, 0.15) is 61.7 Å². The standard InChI is InChI=1S/C30H33F2N5O3/c1-18-5-4-6-25(18)37-14-10-23(21(17-37)28(38)35-30(11-12-30)27-7-2-3-13-33-27)34-29(39)26-16-24(36-40-26)20-9-8-19(31)15-22(20)32/h2-3,7-9,13,15-16,18,21,23,25H,4-6,10-12,14,17H2,1H3,(H,34,39)(H,35,38)/t18-,21-,23-,25-/m1/s1. The minimum absolute atomic E-state index is 0.0321. The lowest BCUT2D eigenvalue weighted by Crippen LogP contribution is -2.58. The van der Waals surface area contributed by atoms with E-state index in [0.717, 1.165) is 43.6 Å². The molecular formula is C30H33F2N5O3. The van der Waals surface area contributed by atoms with Crippen LogP contribution >= 0.6 is 0 Å². The number of benzene rings is 1. The Morgan fingerprint density at radius 3 is 2.65 bits per heavy atom. The summed E-state index contributed by atoms with van der Waals surface area (Å²) < 4.78 is 32.8. The molecule has 2 amide bonds. The predicted octanol–water partition coefficient (Wildman–Crippen LogP) is 4.43. The van der Waals surface area contributed by atoms with Gasteiger partial charge in [0.1, 0.15) is 17.3 Å². The summed E-state index contributed by atoms with van der Waals surface area (Å²) in [6.07, 6.45) is 7.47. The van der Waals surface area contributed by atoms with Crippen molar-refractivity contribution in [2.75, 3.05) is 13.1 Å². The molecular weight excluding hydrogens is 516 g/mol. The monoisotopic (exact) mass is 549 g/mol. The van der Waals surface area contributed by atoms with E-state index in [0.29, 0.717) is 24.9 Å². The topological polar surface area (TPSA) is 100 Å². The second-order valence-electron chi connectivity index (χ2n) is 11.4. The first kappa shape index (κ1) is 26.6. The lowest BCUT2D eigenvalue weighted by molar-refractivity contribution is -0.129. The van der Waals surface area contributed by atoms with Gasteiger partial charge in [-0.25, -0.2) is 8.78 Å². The highest BCUT2D eigenvalue weighted by atomic mass is 19.1. The number of carbonyl (C=O) groups is 2. The van der Waals surface area contributed by atoms with Gasteiger partial charge in [-0.15, -0.1) is 0 Å². The van der Waals surface area contributed by atoms with Crippen LogP contribution in [0.2, 0.25) is 0 Å². The van der Waals surface area contributed by atoms with Crippen LogP contribution < -0.4 is 10.6 Å². The summed E-state index contributed by atoms with van der Waals surface area (Å²) in [5.74, 6) is -2.14.